The highest BCUT2D eigenvalue weighted by Crippen LogP contribution is 2.27. The molecule has 17 heavy (non-hydrogen) atoms. The van der Waals surface area contributed by atoms with Crippen LogP contribution >= 0.6 is 11.6 Å². The zero-order valence-corrected chi connectivity index (χ0v) is 10.7. The van der Waals surface area contributed by atoms with Gasteiger partial charge in [-0.25, -0.2) is 0 Å². The molecule has 0 aliphatic rings. The van der Waals surface area contributed by atoms with Gasteiger partial charge in [0.05, 0.1) is 20.1 Å². The zero-order chi connectivity index (χ0) is 12.8. The Morgan fingerprint density at radius 2 is 2.24 bits per heavy atom. The summed E-state index contributed by atoms with van der Waals surface area (Å²) < 4.78 is 10.0. The second-order valence-corrected chi connectivity index (χ2v) is 4.08. The molecule has 0 bridgehead atoms. The van der Waals surface area contributed by atoms with E-state index >= 15 is 0 Å². The Morgan fingerprint density at radius 3 is 2.82 bits per heavy atom. The molecule has 1 aromatic carbocycles. The number of rotatable bonds is 5. The topological polar surface area (TPSA) is 61.5 Å². The van der Waals surface area contributed by atoms with Gasteiger partial charge in [0.15, 0.2) is 0 Å². The van der Waals surface area contributed by atoms with E-state index < -0.39 is 0 Å². The molecule has 2 N–H and O–H groups in total. The van der Waals surface area contributed by atoms with Crippen LogP contribution in [0.5, 0.6) is 5.75 Å². The van der Waals surface area contributed by atoms with Crippen molar-refractivity contribution in [2.45, 2.75) is 19.4 Å². The quantitative estimate of drug-likeness (QED) is 0.823. The smallest absolute Gasteiger partial charge is 0.308 e. The second-order valence-electron chi connectivity index (χ2n) is 3.65. The first-order valence-corrected chi connectivity index (χ1v) is 5.67. The standard InChI is InChI=1S/C12H16ClNO3/c1-8(14)10-7-9(13)3-4-11(10)17-6-5-12(15)16-2/h3-4,7-8H,5-6,14H2,1-2H3/t8-/m0/s1. The van der Waals surface area contributed by atoms with Gasteiger partial charge in [0.2, 0.25) is 0 Å². The lowest BCUT2D eigenvalue weighted by Crippen LogP contribution is -2.11. The molecular weight excluding hydrogens is 242 g/mol. The molecule has 1 atom stereocenters. The molecule has 0 saturated carbocycles. The van der Waals surface area contributed by atoms with Crippen LogP contribution in [0.2, 0.25) is 5.02 Å². The second kappa shape index (κ2) is 6.47. The average Bonchev–Trinajstić information content (AvgIpc) is 2.30. The fraction of sp³-hybridized carbons (Fsp3) is 0.417. The summed E-state index contributed by atoms with van der Waals surface area (Å²) in [4.78, 5) is 10.9. The summed E-state index contributed by atoms with van der Waals surface area (Å²) in [5, 5.41) is 0.609. The molecule has 0 saturated heterocycles. The van der Waals surface area contributed by atoms with Crippen LogP contribution in [0.1, 0.15) is 24.9 Å². The SMILES string of the molecule is COC(=O)CCOc1ccc(Cl)cc1[C@H](C)N. The number of carbonyl (C=O) groups is 1. The third kappa shape index (κ3) is 4.24. The largest absolute Gasteiger partial charge is 0.493 e. The van der Waals surface area contributed by atoms with E-state index in [1.54, 1.807) is 18.2 Å². The van der Waals surface area contributed by atoms with Gasteiger partial charge >= 0.3 is 5.97 Å². The highest BCUT2D eigenvalue weighted by Gasteiger charge is 2.09. The molecule has 1 aromatic rings. The first-order valence-electron chi connectivity index (χ1n) is 5.29. The predicted molar refractivity (Wildman–Crippen MR) is 66.2 cm³/mol. The number of ether oxygens (including phenoxy) is 2. The van der Waals surface area contributed by atoms with E-state index in [9.17, 15) is 4.79 Å². The molecule has 5 heteroatoms. The van der Waals surface area contributed by atoms with E-state index in [1.807, 2.05) is 6.92 Å². The monoisotopic (exact) mass is 257 g/mol. The summed E-state index contributed by atoms with van der Waals surface area (Å²) in [7, 11) is 1.35. The van der Waals surface area contributed by atoms with Gasteiger partial charge in [-0.05, 0) is 25.1 Å². The number of esters is 1. The van der Waals surface area contributed by atoms with E-state index in [-0.39, 0.29) is 25.0 Å². The zero-order valence-electron chi connectivity index (χ0n) is 9.90. The molecule has 0 radical (unpaired) electrons. The fourth-order valence-electron chi connectivity index (χ4n) is 1.35. The molecule has 0 heterocycles. The highest BCUT2D eigenvalue weighted by molar-refractivity contribution is 6.30. The number of methoxy groups -OCH3 is 1. The lowest BCUT2D eigenvalue weighted by molar-refractivity contribution is -0.141. The molecule has 0 aliphatic carbocycles. The van der Waals surface area contributed by atoms with Crippen LogP contribution in [0.15, 0.2) is 18.2 Å². The molecule has 0 unspecified atom stereocenters. The van der Waals surface area contributed by atoms with Gasteiger partial charge in [-0.15, -0.1) is 0 Å². The van der Waals surface area contributed by atoms with Gasteiger partial charge in [-0.3, -0.25) is 4.79 Å². The van der Waals surface area contributed by atoms with E-state index in [2.05, 4.69) is 4.74 Å². The number of nitrogens with two attached hydrogens (primary N) is 1. The van der Waals surface area contributed by atoms with Gasteiger partial charge in [-0.2, -0.15) is 0 Å². The molecule has 1 rings (SSSR count). The van der Waals surface area contributed by atoms with Crippen LogP contribution in [0.25, 0.3) is 0 Å². The van der Waals surface area contributed by atoms with E-state index in [0.29, 0.717) is 10.8 Å². The Labute approximate surface area is 106 Å². The summed E-state index contributed by atoms with van der Waals surface area (Å²) >= 11 is 5.88. The lowest BCUT2D eigenvalue weighted by Gasteiger charge is -2.14. The molecular formula is C12H16ClNO3. The van der Waals surface area contributed by atoms with Crippen molar-refractivity contribution >= 4 is 17.6 Å². The minimum Gasteiger partial charge on any atom is -0.493 e. The first kappa shape index (κ1) is 13.8. The van der Waals surface area contributed by atoms with Gasteiger partial charge in [0, 0.05) is 16.6 Å². The third-order valence-corrected chi connectivity index (χ3v) is 2.49. The Kier molecular flexibility index (Phi) is 5.25. The molecule has 0 amide bonds. The Bertz CT molecular complexity index is 393. The van der Waals surface area contributed by atoms with E-state index in [0.717, 1.165) is 5.56 Å². The molecule has 0 fully saturated rings. The first-order chi connectivity index (χ1) is 8.04. The lowest BCUT2D eigenvalue weighted by atomic mass is 10.1. The fourth-order valence-corrected chi connectivity index (χ4v) is 1.53. The summed E-state index contributed by atoms with van der Waals surface area (Å²) in [6, 6.07) is 5.06. The summed E-state index contributed by atoms with van der Waals surface area (Å²) in [6.45, 7) is 2.10. The van der Waals surface area contributed by atoms with Crippen LogP contribution < -0.4 is 10.5 Å². The summed E-state index contributed by atoms with van der Waals surface area (Å²) in [6.07, 6.45) is 0.206. The summed E-state index contributed by atoms with van der Waals surface area (Å²) in [5.41, 5.74) is 6.63. The van der Waals surface area contributed by atoms with Gasteiger partial charge in [-0.1, -0.05) is 11.6 Å². The normalized spacial score (nSPS) is 12.0. The predicted octanol–water partition coefficient (Wildman–Crippen LogP) is 2.30. The van der Waals surface area contributed by atoms with Crippen molar-refractivity contribution in [1.82, 2.24) is 0 Å². The molecule has 94 valence electrons. The van der Waals surface area contributed by atoms with Crippen LogP contribution in [0.4, 0.5) is 0 Å². The maximum Gasteiger partial charge on any atom is 0.308 e. The van der Waals surface area contributed by atoms with Crippen LogP contribution in [0, 0.1) is 0 Å². The maximum atomic E-state index is 10.9. The van der Waals surface area contributed by atoms with Crippen molar-refractivity contribution in [2.24, 2.45) is 5.73 Å². The van der Waals surface area contributed by atoms with Crippen molar-refractivity contribution in [3.63, 3.8) is 0 Å². The Balaban J connectivity index is 2.67. The Morgan fingerprint density at radius 1 is 1.53 bits per heavy atom. The molecule has 0 spiro atoms. The van der Waals surface area contributed by atoms with Gasteiger partial charge < -0.3 is 15.2 Å². The average molecular weight is 258 g/mol. The van der Waals surface area contributed by atoms with Gasteiger partial charge in [0.25, 0.3) is 0 Å². The molecule has 0 aromatic heterocycles. The number of hydrogen-bond acceptors (Lipinski definition) is 4. The van der Waals surface area contributed by atoms with Gasteiger partial charge in [0.1, 0.15) is 5.75 Å². The van der Waals surface area contributed by atoms with E-state index in [4.69, 9.17) is 22.1 Å². The van der Waals surface area contributed by atoms with Crippen molar-refractivity contribution in [3.8, 4) is 5.75 Å². The van der Waals surface area contributed by atoms with Crippen LogP contribution in [-0.2, 0) is 9.53 Å². The van der Waals surface area contributed by atoms with Crippen molar-refractivity contribution in [3.05, 3.63) is 28.8 Å². The van der Waals surface area contributed by atoms with Crippen molar-refractivity contribution in [2.75, 3.05) is 13.7 Å². The number of carbonyl (C=O) groups excluding carboxylic acids is 1. The number of benzene rings is 1. The summed E-state index contributed by atoms with van der Waals surface area (Å²) in [5.74, 6) is 0.342. The van der Waals surface area contributed by atoms with Crippen LogP contribution in [-0.4, -0.2) is 19.7 Å². The van der Waals surface area contributed by atoms with Crippen molar-refractivity contribution in [1.29, 1.82) is 0 Å². The number of halogens is 1. The number of hydrogen-bond donors (Lipinski definition) is 1. The molecule has 4 nitrogen and oxygen atoms in total. The molecule has 0 aliphatic heterocycles. The van der Waals surface area contributed by atoms with Crippen LogP contribution in [0.3, 0.4) is 0 Å². The minimum atomic E-state index is -0.304. The minimum absolute atomic E-state index is 0.179. The highest BCUT2D eigenvalue weighted by atomic mass is 35.5. The van der Waals surface area contributed by atoms with Crippen molar-refractivity contribution < 1.29 is 14.3 Å². The van der Waals surface area contributed by atoms with E-state index in [1.165, 1.54) is 7.11 Å². The third-order valence-electron chi connectivity index (χ3n) is 2.25. The maximum absolute atomic E-state index is 10.9. The Hall–Kier alpha value is -1.26.